The molecule has 2 N–H and O–H groups in total. The van der Waals surface area contributed by atoms with Crippen molar-refractivity contribution in [3.05, 3.63) is 41.2 Å². The third-order valence-corrected chi connectivity index (χ3v) is 4.31. The van der Waals surface area contributed by atoms with E-state index in [0.29, 0.717) is 22.3 Å². The lowest BCUT2D eigenvalue weighted by atomic mass is 10.2. The lowest BCUT2D eigenvalue weighted by Gasteiger charge is -2.12. The second-order valence-corrected chi connectivity index (χ2v) is 6.13. The molecule has 0 spiro atoms. The molecule has 2 aromatic rings. The summed E-state index contributed by atoms with van der Waals surface area (Å²) in [5, 5.41) is 6.55. The fourth-order valence-electron chi connectivity index (χ4n) is 2.72. The van der Waals surface area contributed by atoms with Gasteiger partial charge in [-0.1, -0.05) is 24.4 Å². The van der Waals surface area contributed by atoms with Gasteiger partial charge in [-0.15, -0.1) is 0 Å². The van der Waals surface area contributed by atoms with E-state index in [1.54, 1.807) is 19.2 Å². The molecule has 126 valence electrons. The van der Waals surface area contributed by atoms with Crippen molar-refractivity contribution in [3.8, 4) is 5.75 Å². The molecule has 0 aliphatic heterocycles. The monoisotopic (exact) mass is 346 g/mol. The minimum atomic E-state index is -0.124. The molecular formula is C17H19ClN4O2. The van der Waals surface area contributed by atoms with Gasteiger partial charge in [0, 0.05) is 24.1 Å². The second kappa shape index (κ2) is 7.49. The summed E-state index contributed by atoms with van der Waals surface area (Å²) in [5.74, 6) is 0.872. The molecule has 0 atom stereocenters. The molecule has 1 aromatic carbocycles. The molecule has 24 heavy (non-hydrogen) atoms. The van der Waals surface area contributed by atoms with E-state index in [4.69, 9.17) is 16.3 Å². The Balaban J connectivity index is 1.63. The number of hydrogen-bond acceptors (Lipinski definition) is 5. The smallest absolute Gasteiger partial charge is 0.254 e. The molecule has 1 aliphatic carbocycles. The first-order chi connectivity index (χ1) is 11.7. The van der Waals surface area contributed by atoms with Crippen LogP contribution in [-0.4, -0.2) is 29.0 Å². The number of hydrogen-bond donors (Lipinski definition) is 2. The fourth-order valence-corrected chi connectivity index (χ4v) is 2.98. The maximum absolute atomic E-state index is 12.1. The summed E-state index contributed by atoms with van der Waals surface area (Å²) in [6.45, 7) is 0. The van der Waals surface area contributed by atoms with Crippen molar-refractivity contribution >= 4 is 29.1 Å². The highest BCUT2D eigenvalue weighted by atomic mass is 35.5. The number of halogens is 1. The summed E-state index contributed by atoms with van der Waals surface area (Å²) in [7, 11) is 1.56. The Hall–Kier alpha value is -2.34. The molecule has 0 bridgehead atoms. The van der Waals surface area contributed by atoms with E-state index in [9.17, 15) is 4.79 Å². The number of ether oxygens (including phenoxy) is 1. The van der Waals surface area contributed by atoms with Gasteiger partial charge < -0.3 is 15.4 Å². The number of anilines is 2. The molecule has 0 saturated heterocycles. The number of carbonyl (C=O) groups is 1. The first-order valence-corrected chi connectivity index (χ1v) is 8.27. The van der Waals surface area contributed by atoms with E-state index < -0.39 is 0 Å². The Morgan fingerprint density at radius 1 is 1.25 bits per heavy atom. The Morgan fingerprint density at radius 2 is 1.96 bits per heavy atom. The Labute approximate surface area is 145 Å². The quantitative estimate of drug-likeness (QED) is 0.865. The number of carbonyl (C=O) groups excluding carboxylic acids is 1. The van der Waals surface area contributed by atoms with E-state index in [1.165, 1.54) is 25.2 Å². The van der Waals surface area contributed by atoms with Crippen molar-refractivity contribution < 1.29 is 9.53 Å². The average molecular weight is 347 g/mol. The highest BCUT2D eigenvalue weighted by molar-refractivity contribution is 6.32. The summed E-state index contributed by atoms with van der Waals surface area (Å²) in [6, 6.07) is 5.57. The van der Waals surface area contributed by atoms with Crippen LogP contribution >= 0.6 is 11.6 Å². The first kappa shape index (κ1) is 16.5. The van der Waals surface area contributed by atoms with Gasteiger partial charge in [-0.25, -0.2) is 9.97 Å². The van der Waals surface area contributed by atoms with Crippen LogP contribution in [0.3, 0.4) is 0 Å². The molecule has 6 nitrogen and oxygen atoms in total. The molecule has 7 heteroatoms. The van der Waals surface area contributed by atoms with Crippen molar-refractivity contribution in [3.63, 3.8) is 0 Å². The predicted octanol–water partition coefficient (Wildman–Crippen LogP) is 3.55. The third kappa shape index (κ3) is 3.94. The van der Waals surface area contributed by atoms with Gasteiger partial charge >= 0.3 is 0 Å². The van der Waals surface area contributed by atoms with Crippen LogP contribution in [0.1, 0.15) is 36.0 Å². The van der Waals surface area contributed by atoms with E-state index in [-0.39, 0.29) is 11.9 Å². The molecule has 0 unspecified atom stereocenters. The maximum Gasteiger partial charge on any atom is 0.254 e. The zero-order chi connectivity index (χ0) is 16.9. The van der Waals surface area contributed by atoms with E-state index in [0.717, 1.165) is 18.5 Å². The van der Waals surface area contributed by atoms with E-state index >= 15 is 0 Å². The lowest BCUT2D eigenvalue weighted by molar-refractivity contribution is 0.0937. The number of rotatable bonds is 5. The Kier molecular flexibility index (Phi) is 5.15. The van der Waals surface area contributed by atoms with Gasteiger partial charge in [0.2, 0.25) is 5.95 Å². The van der Waals surface area contributed by atoms with Crippen LogP contribution in [0.15, 0.2) is 30.6 Å². The Morgan fingerprint density at radius 3 is 2.58 bits per heavy atom. The number of aromatic nitrogens is 2. The summed E-state index contributed by atoms with van der Waals surface area (Å²) in [6.07, 6.45) is 7.48. The van der Waals surface area contributed by atoms with Gasteiger partial charge in [0.05, 0.1) is 17.7 Å². The van der Waals surface area contributed by atoms with E-state index in [2.05, 4.69) is 20.6 Å². The summed E-state index contributed by atoms with van der Waals surface area (Å²) >= 11 is 6.08. The maximum atomic E-state index is 12.1. The highest BCUT2D eigenvalue weighted by Gasteiger charge is 2.18. The summed E-state index contributed by atoms with van der Waals surface area (Å²) in [4.78, 5) is 20.5. The van der Waals surface area contributed by atoms with Gasteiger partial charge in [-0.3, -0.25) is 4.79 Å². The number of benzene rings is 1. The van der Waals surface area contributed by atoms with Gasteiger partial charge in [-0.05, 0) is 31.0 Å². The zero-order valence-corrected chi connectivity index (χ0v) is 14.1. The minimum Gasteiger partial charge on any atom is -0.495 e. The predicted molar refractivity (Wildman–Crippen MR) is 93.0 cm³/mol. The molecule has 1 aromatic heterocycles. The van der Waals surface area contributed by atoms with Crippen LogP contribution in [0.4, 0.5) is 11.6 Å². The molecule has 1 amide bonds. The van der Waals surface area contributed by atoms with Crippen molar-refractivity contribution in [2.75, 3.05) is 12.4 Å². The van der Waals surface area contributed by atoms with Crippen LogP contribution in [-0.2, 0) is 0 Å². The average Bonchev–Trinajstić information content (AvgIpc) is 3.08. The molecule has 1 saturated carbocycles. The minimum absolute atomic E-state index is 0.124. The van der Waals surface area contributed by atoms with Crippen LogP contribution in [0, 0.1) is 0 Å². The van der Waals surface area contributed by atoms with Crippen LogP contribution in [0.2, 0.25) is 5.02 Å². The van der Waals surface area contributed by atoms with E-state index in [1.807, 2.05) is 6.07 Å². The van der Waals surface area contributed by atoms with Gasteiger partial charge in [-0.2, -0.15) is 0 Å². The molecule has 3 rings (SSSR count). The first-order valence-electron chi connectivity index (χ1n) is 7.89. The molecule has 0 radical (unpaired) electrons. The van der Waals surface area contributed by atoms with Gasteiger partial charge in [0.15, 0.2) is 0 Å². The Bertz CT molecular complexity index is 715. The van der Waals surface area contributed by atoms with Gasteiger partial charge in [0.1, 0.15) is 5.75 Å². The summed E-state index contributed by atoms with van der Waals surface area (Å²) in [5.41, 5.74) is 1.20. The van der Waals surface area contributed by atoms with Crippen molar-refractivity contribution in [1.82, 2.24) is 15.3 Å². The van der Waals surface area contributed by atoms with Crippen molar-refractivity contribution in [2.24, 2.45) is 0 Å². The topological polar surface area (TPSA) is 76.1 Å². The number of nitrogens with zero attached hydrogens (tertiary/aromatic N) is 2. The van der Waals surface area contributed by atoms with Crippen LogP contribution in [0.5, 0.6) is 5.75 Å². The lowest BCUT2D eigenvalue weighted by Crippen LogP contribution is -2.32. The largest absolute Gasteiger partial charge is 0.495 e. The van der Waals surface area contributed by atoms with Crippen molar-refractivity contribution in [2.45, 2.75) is 31.7 Å². The highest BCUT2D eigenvalue weighted by Crippen LogP contribution is 2.28. The number of methoxy groups -OCH3 is 1. The number of amides is 1. The van der Waals surface area contributed by atoms with Crippen LogP contribution < -0.4 is 15.4 Å². The zero-order valence-electron chi connectivity index (χ0n) is 13.4. The number of nitrogens with one attached hydrogen (secondary N) is 2. The molecule has 1 aliphatic rings. The molecule has 1 fully saturated rings. The van der Waals surface area contributed by atoms with Crippen LogP contribution in [0.25, 0.3) is 0 Å². The SMILES string of the molecule is COc1ccc(Nc2ncc(C(=O)NC3CCCC3)cn2)cc1Cl. The van der Waals surface area contributed by atoms with Crippen molar-refractivity contribution in [1.29, 1.82) is 0 Å². The fraction of sp³-hybridized carbons (Fsp3) is 0.353. The molecule has 1 heterocycles. The van der Waals surface area contributed by atoms with Gasteiger partial charge in [0.25, 0.3) is 5.91 Å². The normalized spacial score (nSPS) is 14.4. The summed E-state index contributed by atoms with van der Waals surface area (Å²) < 4.78 is 5.11. The molecular weight excluding hydrogens is 328 g/mol. The second-order valence-electron chi connectivity index (χ2n) is 5.72. The third-order valence-electron chi connectivity index (χ3n) is 4.01. The standard InChI is InChI=1S/C17H19ClN4O2/c1-24-15-7-6-13(8-14(15)18)22-17-19-9-11(10-20-17)16(23)21-12-4-2-3-5-12/h6-10,12H,2-5H2,1H3,(H,21,23)(H,19,20,22).